The number of rotatable bonds is 4. The Kier molecular flexibility index (Phi) is 4.67. The van der Waals surface area contributed by atoms with Crippen LogP contribution < -0.4 is 5.32 Å². The van der Waals surface area contributed by atoms with Gasteiger partial charge in [0, 0.05) is 42.9 Å². The van der Waals surface area contributed by atoms with Crippen molar-refractivity contribution in [2.75, 3.05) is 36.5 Å². The summed E-state index contributed by atoms with van der Waals surface area (Å²) in [7, 11) is 0. The predicted molar refractivity (Wildman–Crippen MR) is 80.4 cm³/mol. The van der Waals surface area contributed by atoms with Gasteiger partial charge in [-0.3, -0.25) is 4.90 Å². The molecule has 2 heterocycles. The molecule has 0 saturated carbocycles. The summed E-state index contributed by atoms with van der Waals surface area (Å²) in [6.07, 6.45) is 1.60. The minimum atomic E-state index is 0.122. The zero-order valence-electron chi connectivity index (χ0n) is 11.5. The molecule has 0 aliphatic carbocycles. The highest BCUT2D eigenvalue weighted by molar-refractivity contribution is 7.99. The van der Waals surface area contributed by atoms with Crippen LogP contribution in [0.1, 0.15) is 19.4 Å². The van der Waals surface area contributed by atoms with Crippen molar-refractivity contribution in [3.05, 3.63) is 23.9 Å². The van der Waals surface area contributed by atoms with E-state index in [4.69, 9.17) is 5.26 Å². The molecule has 1 saturated heterocycles. The Balaban J connectivity index is 1.90. The molecule has 5 heteroatoms. The van der Waals surface area contributed by atoms with E-state index in [9.17, 15) is 0 Å². The summed E-state index contributed by atoms with van der Waals surface area (Å²) in [4.78, 5) is 6.77. The highest BCUT2D eigenvalue weighted by atomic mass is 32.2. The molecule has 1 aliphatic heterocycles. The van der Waals surface area contributed by atoms with E-state index in [1.807, 2.05) is 17.8 Å². The molecular weight excluding hydrogens is 256 g/mol. The third-order valence-corrected chi connectivity index (χ3v) is 4.40. The maximum absolute atomic E-state index is 8.74. The number of hydrogen-bond donors (Lipinski definition) is 1. The van der Waals surface area contributed by atoms with Gasteiger partial charge in [-0.05, 0) is 26.0 Å². The first kappa shape index (κ1) is 14.2. The number of aromatic nitrogens is 1. The van der Waals surface area contributed by atoms with E-state index in [1.165, 1.54) is 11.5 Å². The first-order valence-corrected chi connectivity index (χ1v) is 7.70. The fourth-order valence-corrected chi connectivity index (χ4v) is 3.06. The normalized spacial score (nSPS) is 16.9. The van der Waals surface area contributed by atoms with E-state index in [0.717, 1.165) is 25.5 Å². The Morgan fingerprint density at radius 3 is 2.74 bits per heavy atom. The Morgan fingerprint density at radius 1 is 1.42 bits per heavy atom. The second-order valence-corrected chi connectivity index (χ2v) is 6.53. The quantitative estimate of drug-likeness (QED) is 0.913. The highest BCUT2D eigenvalue weighted by Crippen LogP contribution is 2.20. The average molecular weight is 276 g/mol. The molecule has 1 fully saturated rings. The molecule has 1 aromatic heterocycles. The van der Waals surface area contributed by atoms with Crippen LogP contribution in [0.15, 0.2) is 18.3 Å². The minimum Gasteiger partial charge on any atom is -0.368 e. The summed E-state index contributed by atoms with van der Waals surface area (Å²) in [5.41, 5.74) is 0.717. The Hall–Kier alpha value is -1.25. The van der Waals surface area contributed by atoms with Crippen molar-refractivity contribution in [2.24, 2.45) is 0 Å². The van der Waals surface area contributed by atoms with Gasteiger partial charge in [-0.2, -0.15) is 17.0 Å². The summed E-state index contributed by atoms with van der Waals surface area (Å²) in [5, 5.41) is 12.1. The molecule has 1 aliphatic rings. The molecule has 1 aromatic rings. The summed E-state index contributed by atoms with van der Waals surface area (Å²) in [5.74, 6) is 3.27. The molecular formula is C14H20N4S. The van der Waals surface area contributed by atoms with E-state index < -0.39 is 0 Å². The Labute approximate surface area is 119 Å². The maximum Gasteiger partial charge on any atom is 0.126 e. The topological polar surface area (TPSA) is 52.0 Å². The number of pyridine rings is 1. The number of hydrogen-bond acceptors (Lipinski definition) is 5. The summed E-state index contributed by atoms with van der Waals surface area (Å²) < 4.78 is 0. The van der Waals surface area contributed by atoms with Crippen molar-refractivity contribution in [1.82, 2.24) is 9.88 Å². The van der Waals surface area contributed by atoms with Crippen molar-refractivity contribution in [2.45, 2.75) is 19.4 Å². The third-order valence-electron chi connectivity index (χ3n) is 3.46. The molecule has 2 rings (SSSR count). The molecule has 0 radical (unpaired) electrons. The van der Waals surface area contributed by atoms with Crippen LogP contribution in [0.3, 0.4) is 0 Å². The van der Waals surface area contributed by atoms with Crippen LogP contribution in [0, 0.1) is 11.3 Å². The lowest BCUT2D eigenvalue weighted by Gasteiger charge is -2.41. The lowest BCUT2D eigenvalue weighted by atomic mass is 10.0. The van der Waals surface area contributed by atoms with E-state index in [1.54, 1.807) is 12.3 Å². The first-order chi connectivity index (χ1) is 9.12. The molecule has 0 amide bonds. The number of nitrogens with one attached hydrogen (secondary N) is 1. The molecule has 0 spiro atoms. The van der Waals surface area contributed by atoms with Crippen molar-refractivity contribution in [3.8, 4) is 6.07 Å². The summed E-state index contributed by atoms with van der Waals surface area (Å²) in [6.45, 7) is 7.69. The molecule has 19 heavy (non-hydrogen) atoms. The zero-order chi connectivity index (χ0) is 13.7. The molecule has 1 N–H and O–H groups in total. The van der Waals surface area contributed by atoms with Crippen LogP contribution in [-0.2, 0) is 0 Å². The highest BCUT2D eigenvalue weighted by Gasteiger charge is 2.27. The van der Waals surface area contributed by atoms with Crippen LogP contribution in [0.4, 0.5) is 5.82 Å². The van der Waals surface area contributed by atoms with Gasteiger partial charge in [0.05, 0.1) is 5.56 Å². The minimum absolute atomic E-state index is 0.122. The fraction of sp³-hybridized carbons (Fsp3) is 0.571. The first-order valence-electron chi connectivity index (χ1n) is 6.55. The van der Waals surface area contributed by atoms with Gasteiger partial charge >= 0.3 is 0 Å². The largest absolute Gasteiger partial charge is 0.368 e. The van der Waals surface area contributed by atoms with Crippen LogP contribution in [0.25, 0.3) is 0 Å². The molecule has 4 nitrogen and oxygen atoms in total. The molecule has 0 atom stereocenters. The lowest BCUT2D eigenvalue weighted by Crippen LogP contribution is -2.52. The van der Waals surface area contributed by atoms with E-state index in [-0.39, 0.29) is 5.54 Å². The van der Waals surface area contributed by atoms with Crippen LogP contribution in [-0.4, -0.2) is 46.6 Å². The van der Waals surface area contributed by atoms with Gasteiger partial charge in [0.25, 0.3) is 0 Å². The summed E-state index contributed by atoms with van der Waals surface area (Å²) in [6, 6.07) is 5.73. The second-order valence-electron chi connectivity index (χ2n) is 5.31. The third kappa shape index (κ3) is 3.85. The number of nitriles is 1. The van der Waals surface area contributed by atoms with Crippen LogP contribution >= 0.6 is 11.8 Å². The van der Waals surface area contributed by atoms with Gasteiger partial charge in [0.2, 0.25) is 0 Å². The summed E-state index contributed by atoms with van der Waals surface area (Å²) >= 11 is 2.03. The van der Waals surface area contributed by atoms with Crippen molar-refractivity contribution >= 4 is 17.6 Å². The Morgan fingerprint density at radius 2 is 2.16 bits per heavy atom. The second kappa shape index (κ2) is 6.27. The smallest absolute Gasteiger partial charge is 0.126 e. The number of nitrogens with zero attached hydrogens (tertiary/aromatic N) is 3. The van der Waals surface area contributed by atoms with Gasteiger partial charge in [0.15, 0.2) is 0 Å². The van der Waals surface area contributed by atoms with Gasteiger partial charge in [-0.25, -0.2) is 4.98 Å². The van der Waals surface area contributed by atoms with E-state index in [0.29, 0.717) is 5.56 Å². The monoisotopic (exact) mass is 276 g/mol. The molecule has 0 bridgehead atoms. The zero-order valence-corrected chi connectivity index (χ0v) is 12.3. The van der Waals surface area contributed by atoms with Crippen LogP contribution in [0.2, 0.25) is 0 Å². The van der Waals surface area contributed by atoms with Gasteiger partial charge in [0.1, 0.15) is 11.9 Å². The number of thioether (sulfide) groups is 1. The standard InChI is InChI=1S/C14H20N4S/c1-14(2,18-5-7-19-8-6-18)11-17-13-4-3-12(9-15)10-16-13/h3-4,10H,5-8,11H2,1-2H3,(H,16,17). The van der Waals surface area contributed by atoms with Crippen molar-refractivity contribution in [3.63, 3.8) is 0 Å². The average Bonchev–Trinajstić information content (AvgIpc) is 2.47. The number of anilines is 1. The van der Waals surface area contributed by atoms with Gasteiger partial charge < -0.3 is 5.32 Å². The van der Waals surface area contributed by atoms with E-state index >= 15 is 0 Å². The van der Waals surface area contributed by atoms with Crippen LogP contribution in [0.5, 0.6) is 0 Å². The van der Waals surface area contributed by atoms with Crippen molar-refractivity contribution < 1.29 is 0 Å². The van der Waals surface area contributed by atoms with Crippen molar-refractivity contribution in [1.29, 1.82) is 5.26 Å². The van der Waals surface area contributed by atoms with E-state index in [2.05, 4.69) is 35.1 Å². The molecule has 0 aromatic carbocycles. The van der Waals surface area contributed by atoms with Gasteiger partial charge in [-0.1, -0.05) is 0 Å². The Bertz CT molecular complexity index is 444. The fourth-order valence-electron chi connectivity index (χ4n) is 2.15. The molecule has 102 valence electrons. The van der Waals surface area contributed by atoms with Gasteiger partial charge in [-0.15, -0.1) is 0 Å². The SMILES string of the molecule is CC(C)(CNc1ccc(C#N)cn1)N1CCSCC1. The lowest BCUT2D eigenvalue weighted by molar-refractivity contribution is 0.146. The molecule has 0 unspecified atom stereocenters. The maximum atomic E-state index is 8.74. The predicted octanol–water partition coefficient (Wildman–Crippen LogP) is 2.19.